The first-order chi connectivity index (χ1) is 10.8. The Morgan fingerprint density at radius 3 is 2.65 bits per heavy atom. The topological polar surface area (TPSA) is 94.1 Å². The number of carboxylic acid groups (broad SMARTS) is 1. The van der Waals surface area contributed by atoms with E-state index in [9.17, 15) is 9.59 Å². The molecule has 1 aliphatic heterocycles. The number of carboxylic acids is 1. The highest BCUT2D eigenvalue weighted by Crippen LogP contribution is 2.40. The van der Waals surface area contributed by atoms with E-state index in [4.69, 9.17) is 19.3 Å². The summed E-state index contributed by atoms with van der Waals surface area (Å²) >= 11 is 0. The lowest BCUT2D eigenvalue weighted by molar-refractivity contribution is -0.137. The number of nitrogens with one attached hydrogen (secondary N) is 1. The molecule has 0 radical (unpaired) electrons. The number of hydrogen-bond acceptors (Lipinski definition) is 5. The Morgan fingerprint density at radius 1 is 1.30 bits per heavy atom. The summed E-state index contributed by atoms with van der Waals surface area (Å²) in [5.74, 6) is 0.157. The summed E-state index contributed by atoms with van der Waals surface area (Å²) in [6.07, 6.45) is 0.313. The lowest BCUT2D eigenvalue weighted by Crippen LogP contribution is -2.43. The molecule has 1 heterocycles. The van der Waals surface area contributed by atoms with Gasteiger partial charge in [-0.3, -0.25) is 9.59 Å². The van der Waals surface area contributed by atoms with Crippen LogP contribution in [-0.2, 0) is 4.79 Å². The molecule has 1 aromatic carbocycles. The third-order valence-corrected chi connectivity index (χ3v) is 3.51. The van der Waals surface area contributed by atoms with Crippen LogP contribution in [0.15, 0.2) is 12.1 Å². The van der Waals surface area contributed by atoms with Gasteiger partial charge in [-0.1, -0.05) is 0 Å². The van der Waals surface area contributed by atoms with Gasteiger partial charge in [0.2, 0.25) is 5.75 Å². The number of carbonyl (C=O) groups excluding carboxylic acids is 1. The Hall–Kier alpha value is -2.44. The van der Waals surface area contributed by atoms with E-state index in [0.29, 0.717) is 42.4 Å². The summed E-state index contributed by atoms with van der Waals surface area (Å²) in [5.41, 5.74) is -0.273. The fraction of sp³-hybridized carbons (Fsp3) is 0.500. The first-order valence-corrected chi connectivity index (χ1v) is 7.34. The largest absolute Gasteiger partial charge is 0.493 e. The van der Waals surface area contributed by atoms with Crippen molar-refractivity contribution >= 4 is 11.9 Å². The van der Waals surface area contributed by atoms with E-state index in [1.165, 1.54) is 7.11 Å². The molecule has 0 bridgehead atoms. The van der Waals surface area contributed by atoms with Crippen LogP contribution in [0.4, 0.5) is 0 Å². The van der Waals surface area contributed by atoms with Crippen molar-refractivity contribution in [3.63, 3.8) is 0 Å². The van der Waals surface area contributed by atoms with Gasteiger partial charge in [-0.2, -0.15) is 0 Å². The van der Waals surface area contributed by atoms with Crippen molar-refractivity contribution < 1.29 is 28.9 Å². The third-order valence-electron chi connectivity index (χ3n) is 3.51. The maximum atomic E-state index is 12.4. The van der Waals surface area contributed by atoms with Crippen molar-refractivity contribution in [1.29, 1.82) is 0 Å². The van der Waals surface area contributed by atoms with Crippen molar-refractivity contribution in [2.75, 3.05) is 20.3 Å². The molecule has 1 amide bonds. The Labute approximate surface area is 134 Å². The lowest BCUT2D eigenvalue weighted by Gasteiger charge is -2.26. The van der Waals surface area contributed by atoms with Crippen LogP contribution >= 0.6 is 0 Å². The molecule has 0 unspecified atom stereocenters. The van der Waals surface area contributed by atoms with Gasteiger partial charge in [0, 0.05) is 17.5 Å². The molecule has 0 aromatic heterocycles. The van der Waals surface area contributed by atoms with Gasteiger partial charge in [0.25, 0.3) is 5.91 Å². The van der Waals surface area contributed by atoms with Crippen LogP contribution in [0, 0.1) is 0 Å². The minimum absolute atomic E-state index is 0.0161. The average molecular weight is 323 g/mol. The third kappa shape index (κ3) is 4.28. The minimum Gasteiger partial charge on any atom is -0.493 e. The molecule has 0 fully saturated rings. The zero-order valence-corrected chi connectivity index (χ0v) is 13.5. The second-order valence-electron chi connectivity index (χ2n) is 5.93. The fourth-order valence-electron chi connectivity index (χ4n) is 2.27. The zero-order valence-electron chi connectivity index (χ0n) is 13.5. The maximum Gasteiger partial charge on any atom is 0.303 e. The summed E-state index contributed by atoms with van der Waals surface area (Å²) in [7, 11) is 1.49. The fourth-order valence-corrected chi connectivity index (χ4v) is 2.27. The molecule has 7 heteroatoms. The number of fused-ring (bicyclic) bond motifs is 1. The molecule has 0 aliphatic carbocycles. The van der Waals surface area contributed by atoms with Gasteiger partial charge in [-0.25, -0.2) is 0 Å². The van der Waals surface area contributed by atoms with Crippen LogP contribution in [-0.4, -0.2) is 42.8 Å². The number of aliphatic carboxylic acids is 1. The smallest absolute Gasteiger partial charge is 0.303 e. The van der Waals surface area contributed by atoms with Crippen LogP contribution in [0.5, 0.6) is 17.2 Å². The molecule has 23 heavy (non-hydrogen) atoms. The maximum absolute atomic E-state index is 12.4. The van der Waals surface area contributed by atoms with Gasteiger partial charge in [-0.15, -0.1) is 0 Å². The Bertz CT molecular complexity index is 594. The van der Waals surface area contributed by atoms with E-state index in [1.54, 1.807) is 26.0 Å². The highest BCUT2D eigenvalue weighted by molar-refractivity contribution is 5.96. The predicted molar refractivity (Wildman–Crippen MR) is 82.4 cm³/mol. The Kier molecular flexibility index (Phi) is 4.98. The summed E-state index contributed by atoms with van der Waals surface area (Å²) in [5, 5.41) is 11.6. The number of amides is 1. The minimum atomic E-state index is -0.895. The van der Waals surface area contributed by atoms with Gasteiger partial charge < -0.3 is 24.6 Å². The van der Waals surface area contributed by atoms with Crippen LogP contribution in [0.2, 0.25) is 0 Å². The monoisotopic (exact) mass is 323 g/mol. The van der Waals surface area contributed by atoms with Crippen LogP contribution < -0.4 is 19.5 Å². The Balaban J connectivity index is 2.17. The van der Waals surface area contributed by atoms with E-state index in [0.717, 1.165) is 0 Å². The second-order valence-corrected chi connectivity index (χ2v) is 5.93. The van der Waals surface area contributed by atoms with Crippen LogP contribution in [0.25, 0.3) is 0 Å². The highest BCUT2D eigenvalue weighted by atomic mass is 16.6. The number of methoxy groups -OCH3 is 1. The normalized spacial score (nSPS) is 13.3. The van der Waals surface area contributed by atoms with E-state index in [1.807, 2.05) is 0 Å². The summed E-state index contributed by atoms with van der Waals surface area (Å²) in [6.45, 7) is 4.40. The average Bonchev–Trinajstić information content (AvgIpc) is 2.51. The molecule has 126 valence electrons. The molecule has 0 saturated heterocycles. The predicted octanol–water partition coefficient (Wildman–Crippen LogP) is 1.84. The number of rotatable bonds is 6. The van der Waals surface area contributed by atoms with Crippen molar-refractivity contribution in [3.05, 3.63) is 17.7 Å². The van der Waals surface area contributed by atoms with Gasteiger partial charge >= 0.3 is 5.97 Å². The summed E-state index contributed by atoms with van der Waals surface area (Å²) < 4.78 is 16.3. The molecule has 1 aromatic rings. The molecule has 1 aliphatic rings. The molecule has 7 nitrogen and oxygen atoms in total. The van der Waals surface area contributed by atoms with E-state index in [2.05, 4.69) is 5.32 Å². The lowest BCUT2D eigenvalue weighted by atomic mass is 9.97. The number of hydrogen-bond donors (Lipinski definition) is 2. The molecule has 2 N–H and O–H groups in total. The summed E-state index contributed by atoms with van der Waals surface area (Å²) in [6, 6.07) is 3.18. The highest BCUT2D eigenvalue weighted by Gasteiger charge is 2.25. The molecule has 2 rings (SSSR count). The van der Waals surface area contributed by atoms with Crippen LogP contribution in [0.3, 0.4) is 0 Å². The number of carbonyl (C=O) groups is 2. The van der Waals surface area contributed by atoms with Crippen molar-refractivity contribution in [2.45, 2.75) is 32.2 Å². The first-order valence-electron chi connectivity index (χ1n) is 7.34. The summed E-state index contributed by atoms with van der Waals surface area (Å²) in [4.78, 5) is 23.1. The van der Waals surface area contributed by atoms with Crippen molar-refractivity contribution in [3.8, 4) is 17.2 Å². The molecule has 0 saturated carbocycles. The van der Waals surface area contributed by atoms with Gasteiger partial charge in [0.15, 0.2) is 11.5 Å². The number of ether oxygens (including phenoxy) is 3. The zero-order chi connectivity index (χ0) is 17.0. The SMILES string of the molecule is COc1cc(C(=O)NC(C)(C)CCC(=O)O)cc2c1OCCO2. The standard InChI is InChI=1S/C16H21NO6/c1-16(2,5-4-13(18)19)17-15(20)10-8-11(21-3)14-12(9-10)22-6-7-23-14/h8-9H,4-7H2,1-3H3,(H,17,20)(H,18,19). The van der Waals surface area contributed by atoms with E-state index < -0.39 is 11.5 Å². The van der Waals surface area contributed by atoms with Gasteiger partial charge in [-0.05, 0) is 32.4 Å². The first kappa shape index (κ1) is 16.9. The molecular formula is C16H21NO6. The van der Waals surface area contributed by atoms with Gasteiger partial charge in [0.05, 0.1) is 7.11 Å². The van der Waals surface area contributed by atoms with Crippen molar-refractivity contribution in [1.82, 2.24) is 5.32 Å². The van der Waals surface area contributed by atoms with Crippen molar-refractivity contribution in [2.24, 2.45) is 0 Å². The quantitative estimate of drug-likeness (QED) is 0.829. The van der Waals surface area contributed by atoms with E-state index >= 15 is 0 Å². The van der Waals surface area contributed by atoms with Crippen LogP contribution in [0.1, 0.15) is 37.0 Å². The molecule has 0 spiro atoms. The Morgan fingerprint density at radius 2 is 2.00 bits per heavy atom. The molecular weight excluding hydrogens is 302 g/mol. The van der Waals surface area contributed by atoms with Gasteiger partial charge in [0.1, 0.15) is 13.2 Å². The molecule has 0 atom stereocenters. The van der Waals surface area contributed by atoms with E-state index in [-0.39, 0.29) is 12.3 Å². The number of benzene rings is 1. The second kappa shape index (κ2) is 6.76.